The van der Waals surface area contributed by atoms with E-state index in [9.17, 15) is 4.79 Å². The molecule has 2 rings (SSSR count). The van der Waals surface area contributed by atoms with Gasteiger partial charge in [0.1, 0.15) is 5.60 Å². The average molecular weight is 349 g/mol. The molecule has 1 amide bonds. The molecule has 1 aliphatic heterocycles. The molecule has 0 saturated carbocycles. The number of hydrogen-bond donors (Lipinski definition) is 3. The zero-order chi connectivity index (χ0) is 18.6. The fourth-order valence-electron chi connectivity index (χ4n) is 3.02. The van der Waals surface area contributed by atoms with Gasteiger partial charge in [-0.2, -0.15) is 0 Å². The molecule has 7 nitrogen and oxygen atoms in total. The van der Waals surface area contributed by atoms with Gasteiger partial charge in [-0.1, -0.05) is 0 Å². The van der Waals surface area contributed by atoms with Crippen LogP contribution in [0.2, 0.25) is 0 Å². The molecule has 0 bridgehead atoms. The highest BCUT2D eigenvalue weighted by molar-refractivity contribution is 5.79. The molecule has 1 fully saturated rings. The van der Waals surface area contributed by atoms with Crippen molar-refractivity contribution in [1.82, 2.24) is 10.3 Å². The van der Waals surface area contributed by atoms with E-state index in [-0.39, 0.29) is 12.1 Å². The van der Waals surface area contributed by atoms with Crippen molar-refractivity contribution in [3.63, 3.8) is 0 Å². The van der Waals surface area contributed by atoms with E-state index in [1.54, 1.807) is 0 Å². The van der Waals surface area contributed by atoms with Gasteiger partial charge in [0.15, 0.2) is 5.82 Å². The molecule has 25 heavy (non-hydrogen) atoms. The molecule has 1 aliphatic rings. The Labute approximate surface area is 150 Å². The summed E-state index contributed by atoms with van der Waals surface area (Å²) in [5.74, 6) is 0.722. The summed E-state index contributed by atoms with van der Waals surface area (Å²) in [5, 5.41) is 6.19. The number of nitrogens with one attached hydrogen (secondary N) is 2. The van der Waals surface area contributed by atoms with Crippen molar-refractivity contribution in [1.29, 1.82) is 0 Å². The van der Waals surface area contributed by atoms with Crippen LogP contribution in [0.4, 0.5) is 22.0 Å². The number of nitrogens with zero attached hydrogens (tertiary/aromatic N) is 2. The quantitative estimate of drug-likeness (QED) is 0.774. The molecule has 1 saturated heterocycles. The number of carbonyl (C=O) groups is 1. The first kappa shape index (κ1) is 19.1. The van der Waals surface area contributed by atoms with E-state index in [0.717, 1.165) is 43.1 Å². The topological polar surface area (TPSA) is 92.5 Å². The van der Waals surface area contributed by atoms with Crippen LogP contribution in [-0.4, -0.2) is 42.4 Å². The zero-order valence-electron chi connectivity index (χ0n) is 16.0. The summed E-state index contributed by atoms with van der Waals surface area (Å²) >= 11 is 0. The molecule has 140 valence electrons. The lowest BCUT2D eigenvalue weighted by Crippen LogP contribution is -2.49. The first-order valence-electron chi connectivity index (χ1n) is 8.95. The number of piperidine rings is 1. The van der Waals surface area contributed by atoms with E-state index < -0.39 is 5.60 Å². The molecule has 7 heteroatoms. The molecule has 4 N–H and O–H groups in total. The highest BCUT2D eigenvalue weighted by Gasteiger charge is 2.26. The number of hydrogen-bond acceptors (Lipinski definition) is 6. The number of pyridine rings is 1. The van der Waals surface area contributed by atoms with Crippen LogP contribution in [0.3, 0.4) is 0 Å². The summed E-state index contributed by atoms with van der Waals surface area (Å²) in [4.78, 5) is 18.7. The van der Waals surface area contributed by atoms with Gasteiger partial charge in [0.2, 0.25) is 0 Å². The van der Waals surface area contributed by atoms with Crippen LogP contribution >= 0.6 is 0 Å². The number of nitrogens with two attached hydrogens (primary N) is 1. The van der Waals surface area contributed by atoms with Crippen molar-refractivity contribution in [2.75, 3.05) is 35.6 Å². The molecule has 1 aromatic rings. The largest absolute Gasteiger partial charge is 0.444 e. The van der Waals surface area contributed by atoms with E-state index in [1.807, 2.05) is 40.7 Å². The first-order chi connectivity index (χ1) is 11.7. The van der Waals surface area contributed by atoms with E-state index in [2.05, 4.69) is 20.5 Å². The van der Waals surface area contributed by atoms with Crippen molar-refractivity contribution in [3.05, 3.63) is 11.8 Å². The maximum Gasteiger partial charge on any atom is 0.407 e. The highest BCUT2D eigenvalue weighted by Crippen LogP contribution is 2.32. The minimum atomic E-state index is -0.494. The van der Waals surface area contributed by atoms with Gasteiger partial charge in [0.05, 0.1) is 11.4 Å². The third kappa shape index (κ3) is 5.41. The van der Waals surface area contributed by atoms with Gasteiger partial charge < -0.3 is 26.0 Å². The molecule has 0 unspecified atom stereocenters. The Morgan fingerprint density at radius 1 is 1.48 bits per heavy atom. The number of amides is 1. The number of anilines is 3. The number of aryl methyl sites for hydroxylation is 1. The zero-order valence-corrected chi connectivity index (χ0v) is 16.0. The molecular formula is C18H31N5O2. The lowest BCUT2D eigenvalue weighted by molar-refractivity contribution is 0.0500. The van der Waals surface area contributed by atoms with Crippen molar-refractivity contribution >= 4 is 23.3 Å². The van der Waals surface area contributed by atoms with Gasteiger partial charge >= 0.3 is 6.09 Å². The van der Waals surface area contributed by atoms with Crippen LogP contribution in [0, 0.1) is 6.92 Å². The van der Waals surface area contributed by atoms with Crippen LogP contribution in [0.25, 0.3) is 0 Å². The number of ether oxygens (including phenoxy) is 1. The third-order valence-corrected chi connectivity index (χ3v) is 3.99. The number of alkyl carbamates (subject to hydrolysis) is 1. The Bertz CT molecular complexity index is 612. The van der Waals surface area contributed by atoms with Crippen LogP contribution in [0.1, 0.15) is 46.2 Å². The molecule has 0 aromatic carbocycles. The monoisotopic (exact) mass is 349 g/mol. The fourth-order valence-corrected chi connectivity index (χ4v) is 3.02. The Morgan fingerprint density at radius 2 is 2.20 bits per heavy atom. The van der Waals surface area contributed by atoms with Crippen molar-refractivity contribution in [2.24, 2.45) is 0 Å². The smallest absolute Gasteiger partial charge is 0.407 e. The highest BCUT2D eigenvalue weighted by atomic mass is 16.6. The molecule has 0 aliphatic carbocycles. The van der Waals surface area contributed by atoms with Crippen LogP contribution < -0.4 is 21.3 Å². The Morgan fingerprint density at radius 3 is 2.84 bits per heavy atom. The minimum absolute atomic E-state index is 0.0408. The molecule has 0 radical (unpaired) electrons. The summed E-state index contributed by atoms with van der Waals surface area (Å²) < 4.78 is 5.36. The van der Waals surface area contributed by atoms with E-state index in [4.69, 9.17) is 10.5 Å². The summed E-state index contributed by atoms with van der Waals surface area (Å²) in [7, 11) is 0. The molecule has 1 aromatic heterocycles. The predicted octanol–water partition coefficient (Wildman–Crippen LogP) is 2.90. The van der Waals surface area contributed by atoms with Gasteiger partial charge in [0.25, 0.3) is 0 Å². The van der Waals surface area contributed by atoms with Crippen LogP contribution in [-0.2, 0) is 4.74 Å². The van der Waals surface area contributed by atoms with E-state index >= 15 is 0 Å². The fraction of sp³-hybridized carbons (Fsp3) is 0.667. The maximum atomic E-state index is 12.0. The van der Waals surface area contributed by atoms with Crippen molar-refractivity contribution in [2.45, 2.75) is 59.1 Å². The van der Waals surface area contributed by atoms with Gasteiger partial charge in [-0.05, 0) is 53.5 Å². The predicted molar refractivity (Wildman–Crippen MR) is 102 cm³/mol. The second kappa shape index (κ2) is 7.80. The summed E-state index contributed by atoms with van der Waals surface area (Å²) in [6.45, 7) is 12.0. The number of aromatic nitrogens is 1. The Balaban J connectivity index is 2.09. The average Bonchev–Trinajstić information content (AvgIpc) is 2.49. The molecule has 1 atom stereocenters. The first-order valence-corrected chi connectivity index (χ1v) is 8.95. The Kier molecular flexibility index (Phi) is 5.98. The molecular weight excluding hydrogens is 318 g/mol. The summed E-state index contributed by atoms with van der Waals surface area (Å²) in [5.41, 5.74) is 8.37. The third-order valence-electron chi connectivity index (χ3n) is 3.99. The minimum Gasteiger partial charge on any atom is -0.444 e. The second-order valence-electron chi connectivity index (χ2n) is 7.51. The van der Waals surface area contributed by atoms with Gasteiger partial charge in [-0.3, -0.25) is 0 Å². The van der Waals surface area contributed by atoms with Crippen molar-refractivity contribution < 1.29 is 9.53 Å². The number of carbonyl (C=O) groups excluding carboxylic acids is 1. The summed E-state index contributed by atoms with van der Waals surface area (Å²) in [6.07, 6.45) is 1.55. The van der Waals surface area contributed by atoms with Crippen LogP contribution in [0.15, 0.2) is 6.07 Å². The van der Waals surface area contributed by atoms with Gasteiger partial charge in [-0.15, -0.1) is 0 Å². The normalized spacial score (nSPS) is 18.0. The number of rotatable bonds is 4. The second-order valence-corrected chi connectivity index (χ2v) is 7.51. The maximum absolute atomic E-state index is 12.0. The lowest BCUT2D eigenvalue weighted by Gasteiger charge is -2.36. The number of nitrogen functional groups attached to an aromatic ring is 1. The standard InChI is InChI=1S/C18H31N5O2/c1-6-20-16-15(19)14(10-12(2)21-16)23-9-7-8-13(11-23)22-17(24)25-18(3,4)5/h10,13H,6-9,11,19H2,1-5H3,(H,20,21)(H,22,24)/t13-/m1/s1. The van der Waals surface area contributed by atoms with Crippen molar-refractivity contribution in [3.8, 4) is 0 Å². The Hall–Kier alpha value is -2.18. The van der Waals surface area contributed by atoms with Crippen LogP contribution in [0.5, 0.6) is 0 Å². The van der Waals surface area contributed by atoms with E-state index in [1.165, 1.54) is 0 Å². The lowest BCUT2D eigenvalue weighted by atomic mass is 10.0. The molecule has 0 spiro atoms. The summed E-state index contributed by atoms with van der Waals surface area (Å²) in [6, 6.07) is 2.05. The van der Waals surface area contributed by atoms with E-state index in [0.29, 0.717) is 12.2 Å². The van der Waals surface area contributed by atoms with Gasteiger partial charge in [-0.25, -0.2) is 9.78 Å². The van der Waals surface area contributed by atoms with Gasteiger partial charge in [0, 0.05) is 31.4 Å². The molecule has 2 heterocycles. The SMILES string of the molecule is CCNc1nc(C)cc(N2CCC[C@@H](NC(=O)OC(C)(C)C)C2)c1N.